The summed E-state index contributed by atoms with van der Waals surface area (Å²) >= 11 is 6.27. The maximum atomic E-state index is 13.9. The van der Waals surface area contributed by atoms with Crippen LogP contribution < -0.4 is 15.6 Å². The van der Waals surface area contributed by atoms with Crippen LogP contribution in [0, 0.1) is 0 Å². The number of nitrogens with one attached hydrogen (secondary N) is 2. The van der Waals surface area contributed by atoms with Gasteiger partial charge in [-0.1, -0.05) is 59.2 Å². The van der Waals surface area contributed by atoms with E-state index in [0.29, 0.717) is 48.2 Å². The van der Waals surface area contributed by atoms with E-state index >= 15 is 0 Å². The molecule has 4 rings (SSSR count). The van der Waals surface area contributed by atoms with E-state index in [1.165, 1.54) is 0 Å². The molecule has 1 heterocycles. The lowest BCUT2D eigenvalue weighted by Gasteiger charge is -2.29. The Balaban J connectivity index is 1.58. The van der Waals surface area contributed by atoms with Crippen LogP contribution in [0.1, 0.15) is 35.6 Å². The number of aliphatic hydroxyl groups excluding tert-OH is 1. The van der Waals surface area contributed by atoms with Crippen molar-refractivity contribution in [3.05, 3.63) is 111 Å². The molecule has 0 saturated carbocycles. The fraction of sp³-hybridized carbons (Fsp3) is 0.333. The highest BCUT2D eigenvalue weighted by Gasteiger charge is 2.50. The van der Waals surface area contributed by atoms with E-state index in [2.05, 4.69) is 20.9 Å². The second-order valence-electron chi connectivity index (χ2n) is 9.61. The van der Waals surface area contributed by atoms with Gasteiger partial charge < -0.3 is 14.6 Å². The van der Waals surface area contributed by atoms with Crippen LogP contribution in [-0.2, 0) is 28.9 Å². The fourth-order valence-electron chi connectivity index (χ4n) is 4.57. The van der Waals surface area contributed by atoms with E-state index in [9.17, 15) is 4.79 Å². The maximum absolute atomic E-state index is 13.9. The molecule has 41 heavy (non-hydrogen) atoms. The molecule has 0 radical (unpaired) electrons. The van der Waals surface area contributed by atoms with Gasteiger partial charge in [-0.3, -0.25) is 10.2 Å². The van der Waals surface area contributed by atoms with Gasteiger partial charge in [-0.25, -0.2) is 10.4 Å². The summed E-state index contributed by atoms with van der Waals surface area (Å²) in [6.07, 6.45) is 0.793. The molecule has 0 saturated heterocycles. The number of ether oxygens (including phenoxy) is 2. The molecule has 1 amide bonds. The summed E-state index contributed by atoms with van der Waals surface area (Å²) < 4.78 is 11.8. The molecule has 0 fully saturated rings. The van der Waals surface area contributed by atoms with E-state index in [-0.39, 0.29) is 25.5 Å². The van der Waals surface area contributed by atoms with E-state index in [1.54, 1.807) is 12.1 Å². The number of rotatable bonds is 14. The number of aliphatic hydroxyl groups is 1. The van der Waals surface area contributed by atoms with Crippen LogP contribution in [0.3, 0.4) is 0 Å². The van der Waals surface area contributed by atoms with Gasteiger partial charge in [0.25, 0.3) is 5.91 Å². The van der Waals surface area contributed by atoms with Gasteiger partial charge in [0, 0.05) is 41.5 Å². The molecule has 3 aromatic carbocycles. The average molecular weight is 577 g/mol. The number of hydrogen-bond donors (Lipinski definition) is 3. The summed E-state index contributed by atoms with van der Waals surface area (Å²) in [4.78, 5) is 21.6. The van der Waals surface area contributed by atoms with Crippen molar-refractivity contribution in [1.82, 2.24) is 10.9 Å². The van der Waals surface area contributed by atoms with Gasteiger partial charge in [-0.15, -0.1) is 0 Å². The number of amides is 1. The molecule has 10 nitrogen and oxygen atoms in total. The topological polar surface area (TPSA) is 141 Å². The largest absolute Gasteiger partial charge is 0.494 e. The first-order chi connectivity index (χ1) is 20.0. The number of benzene rings is 3. The third kappa shape index (κ3) is 7.56. The normalized spacial score (nSPS) is 17.7. The van der Waals surface area contributed by atoms with Gasteiger partial charge in [0.1, 0.15) is 11.9 Å². The monoisotopic (exact) mass is 576 g/mol. The van der Waals surface area contributed by atoms with Crippen molar-refractivity contribution in [1.29, 1.82) is 0 Å². The number of aliphatic imine (C=N–C) groups is 1. The van der Waals surface area contributed by atoms with Gasteiger partial charge in [0.05, 0.1) is 13.2 Å². The van der Waals surface area contributed by atoms with Crippen molar-refractivity contribution in [2.24, 2.45) is 10.1 Å². The number of hydrazine groups is 1. The molecule has 0 bridgehead atoms. The van der Waals surface area contributed by atoms with Crippen LogP contribution in [0.2, 0.25) is 5.02 Å². The first-order valence-electron chi connectivity index (χ1n) is 13.4. The van der Waals surface area contributed by atoms with Gasteiger partial charge >= 0.3 is 0 Å². The molecule has 0 aromatic heterocycles. The number of carbonyl (C=O) groups is 1. The van der Waals surface area contributed by atoms with E-state index < -0.39 is 11.6 Å². The minimum absolute atomic E-state index is 0.0611. The lowest BCUT2D eigenvalue weighted by molar-refractivity contribution is -0.129. The van der Waals surface area contributed by atoms with Crippen molar-refractivity contribution < 1.29 is 19.4 Å². The number of azide groups is 1. The highest BCUT2D eigenvalue weighted by atomic mass is 35.5. The molecular weight excluding hydrogens is 544 g/mol. The van der Waals surface area contributed by atoms with Crippen LogP contribution in [0.4, 0.5) is 0 Å². The standard InChI is InChI=1S/C30H33ClN6O4/c1-21-30(19-24-8-2-3-9-25(24)20-34-37-32,29(39)36-33-16-15-22-7-4-5-10-27(22)31)35-28(41-21)23-11-13-26(14-12-23)40-18-6-17-38/h2-5,7-14,21,33,38H,6,15-20H2,1H3,(H,36,39)/t21-,30-/m0/s1. The first kappa shape index (κ1) is 29.9. The van der Waals surface area contributed by atoms with Crippen molar-refractivity contribution in [3.63, 3.8) is 0 Å². The molecule has 214 valence electrons. The second kappa shape index (κ2) is 14.5. The minimum Gasteiger partial charge on any atom is -0.494 e. The zero-order chi connectivity index (χ0) is 29.1. The Bertz CT molecular complexity index is 1410. The van der Waals surface area contributed by atoms with Crippen LogP contribution in [0.15, 0.2) is 82.9 Å². The van der Waals surface area contributed by atoms with E-state index in [1.807, 2.05) is 67.6 Å². The average Bonchev–Trinajstić information content (AvgIpc) is 3.32. The Labute approximate surface area is 244 Å². The first-order valence-corrected chi connectivity index (χ1v) is 13.8. The predicted molar refractivity (Wildman–Crippen MR) is 158 cm³/mol. The number of hydrogen-bond acceptors (Lipinski definition) is 7. The molecule has 0 aliphatic carbocycles. The SMILES string of the molecule is C[C@@H]1OC(c2ccc(OCCCO)cc2)=N[C@]1(Cc1ccccc1CN=[N+]=[N-])C(=O)NNCCc1ccccc1Cl. The smallest absolute Gasteiger partial charge is 0.266 e. The molecule has 2 atom stereocenters. The molecule has 1 aliphatic rings. The summed E-state index contributed by atoms with van der Waals surface area (Å²) in [5.41, 5.74) is 16.7. The summed E-state index contributed by atoms with van der Waals surface area (Å²) in [7, 11) is 0. The molecular formula is C30H33ClN6O4. The van der Waals surface area contributed by atoms with Gasteiger partial charge in [-0.2, -0.15) is 0 Å². The lowest BCUT2D eigenvalue weighted by Crippen LogP contribution is -2.56. The van der Waals surface area contributed by atoms with Crippen LogP contribution in [0.25, 0.3) is 10.4 Å². The summed E-state index contributed by atoms with van der Waals surface area (Å²) in [6, 6.07) is 22.3. The molecule has 0 unspecified atom stereocenters. The molecule has 1 aliphatic heterocycles. The Morgan fingerprint density at radius 1 is 1.12 bits per heavy atom. The lowest BCUT2D eigenvalue weighted by atomic mass is 9.84. The van der Waals surface area contributed by atoms with Crippen molar-refractivity contribution in [3.8, 4) is 5.75 Å². The highest BCUT2D eigenvalue weighted by Crippen LogP contribution is 2.34. The van der Waals surface area contributed by atoms with Crippen molar-refractivity contribution >= 4 is 23.4 Å². The Morgan fingerprint density at radius 2 is 1.83 bits per heavy atom. The van der Waals surface area contributed by atoms with Gasteiger partial charge in [-0.05, 0) is 65.9 Å². The quantitative estimate of drug-likeness (QED) is 0.0821. The third-order valence-corrected chi connectivity index (χ3v) is 7.26. The predicted octanol–water partition coefficient (Wildman–Crippen LogP) is 4.92. The van der Waals surface area contributed by atoms with E-state index in [4.69, 9.17) is 36.7 Å². The van der Waals surface area contributed by atoms with Crippen molar-refractivity contribution in [2.45, 2.75) is 44.4 Å². The Hall–Kier alpha value is -4.08. The fourth-order valence-corrected chi connectivity index (χ4v) is 4.81. The maximum Gasteiger partial charge on any atom is 0.266 e. The summed E-state index contributed by atoms with van der Waals surface area (Å²) in [5, 5.41) is 13.4. The summed E-state index contributed by atoms with van der Waals surface area (Å²) in [5.74, 6) is 0.660. The number of halogens is 1. The minimum atomic E-state index is -1.30. The molecule has 11 heteroatoms. The van der Waals surface area contributed by atoms with E-state index in [0.717, 1.165) is 16.7 Å². The molecule has 3 N–H and O–H groups in total. The zero-order valence-electron chi connectivity index (χ0n) is 22.8. The summed E-state index contributed by atoms with van der Waals surface area (Å²) in [6.45, 7) is 2.91. The van der Waals surface area contributed by atoms with Crippen LogP contribution in [-0.4, -0.2) is 48.3 Å². The Morgan fingerprint density at radius 3 is 2.54 bits per heavy atom. The van der Waals surface area contributed by atoms with Crippen LogP contribution >= 0.6 is 11.6 Å². The number of nitrogens with zero attached hydrogens (tertiary/aromatic N) is 4. The zero-order valence-corrected chi connectivity index (χ0v) is 23.6. The van der Waals surface area contributed by atoms with Gasteiger partial charge in [0.15, 0.2) is 5.54 Å². The highest BCUT2D eigenvalue weighted by molar-refractivity contribution is 6.31. The molecule has 0 spiro atoms. The second-order valence-corrected chi connectivity index (χ2v) is 10.0. The third-order valence-electron chi connectivity index (χ3n) is 6.89. The Kier molecular flexibility index (Phi) is 10.6. The molecule has 3 aromatic rings. The van der Waals surface area contributed by atoms with Gasteiger partial charge in [0.2, 0.25) is 5.90 Å². The number of carbonyl (C=O) groups excluding carboxylic acids is 1. The van der Waals surface area contributed by atoms with Crippen LogP contribution in [0.5, 0.6) is 5.75 Å². The van der Waals surface area contributed by atoms with Crippen molar-refractivity contribution in [2.75, 3.05) is 19.8 Å².